The molecule has 0 spiro atoms. The molecule has 4 heteroatoms. The molecule has 0 aromatic rings. The Morgan fingerprint density at radius 1 is 1.30 bits per heavy atom. The van der Waals surface area contributed by atoms with Crippen LogP contribution in [-0.4, -0.2) is 54.1 Å². The van der Waals surface area contributed by atoms with Gasteiger partial charge in [0.1, 0.15) is 0 Å². The third-order valence-corrected chi connectivity index (χ3v) is 4.81. The molecule has 2 saturated heterocycles. The van der Waals surface area contributed by atoms with Gasteiger partial charge in [-0.15, -0.1) is 0 Å². The summed E-state index contributed by atoms with van der Waals surface area (Å²) in [6, 6.07) is 0.0423. The van der Waals surface area contributed by atoms with Gasteiger partial charge in [-0.25, -0.2) is 0 Å². The third-order valence-electron chi connectivity index (χ3n) is 4.81. The van der Waals surface area contributed by atoms with E-state index in [0.29, 0.717) is 17.7 Å². The van der Waals surface area contributed by atoms with Crippen LogP contribution >= 0.6 is 0 Å². The zero-order valence-corrected chi connectivity index (χ0v) is 13.6. The van der Waals surface area contributed by atoms with Crippen LogP contribution in [-0.2, 0) is 4.79 Å². The summed E-state index contributed by atoms with van der Waals surface area (Å²) >= 11 is 0. The summed E-state index contributed by atoms with van der Waals surface area (Å²) in [5.41, 5.74) is 0. The number of piperidine rings is 1. The van der Waals surface area contributed by atoms with Gasteiger partial charge in [-0.1, -0.05) is 20.8 Å². The molecule has 0 radical (unpaired) electrons. The Labute approximate surface area is 123 Å². The highest BCUT2D eigenvalue weighted by molar-refractivity contribution is 5.84. The number of hydrogen-bond acceptors (Lipinski definition) is 3. The minimum Gasteiger partial charge on any atom is -0.326 e. The zero-order chi connectivity index (χ0) is 14.7. The quantitative estimate of drug-likeness (QED) is 0.836. The molecule has 0 aromatic carbocycles. The van der Waals surface area contributed by atoms with Gasteiger partial charge in [-0.05, 0) is 57.7 Å². The van der Waals surface area contributed by atoms with Gasteiger partial charge >= 0.3 is 0 Å². The van der Waals surface area contributed by atoms with Crippen LogP contribution < -0.4 is 5.32 Å². The van der Waals surface area contributed by atoms with Gasteiger partial charge < -0.3 is 9.80 Å². The van der Waals surface area contributed by atoms with Crippen LogP contribution in [0.15, 0.2) is 0 Å². The fraction of sp³-hybridized carbons (Fsp3) is 0.938. The van der Waals surface area contributed by atoms with E-state index < -0.39 is 0 Å². The highest BCUT2D eigenvalue weighted by atomic mass is 16.2. The molecule has 116 valence electrons. The highest BCUT2D eigenvalue weighted by Crippen LogP contribution is 2.23. The summed E-state index contributed by atoms with van der Waals surface area (Å²) in [4.78, 5) is 17.1. The largest absolute Gasteiger partial charge is 0.326 e. The molecular weight excluding hydrogens is 250 g/mol. The molecule has 1 N–H and O–H groups in total. The highest BCUT2D eigenvalue weighted by Gasteiger charge is 2.37. The third kappa shape index (κ3) is 3.73. The second kappa shape index (κ2) is 6.90. The molecule has 2 aliphatic heterocycles. The van der Waals surface area contributed by atoms with Gasteiger partial charge in [0, 0.05) is 6.54 Å². The van der Waals surface area contributed by atoms with E-state index in [1.165, 1.54) is 25.9 Å². The van der Waals surface area contributed by atoms with E-state index in [0.717, 1.165) is 19.5 Å². The van der Waals surface area contributed by atoms with Gasteiger partial charge in [0.15, 0.2) is 0 Å². The first-order valence-electron chi connectivity index (χ1n) is 8.30. The van der Waals surface area contributed by atoms with Gasteiger partial charge in [0.25, 0.3) is 0 Å². The predicted octanol–water partition coefficient (Wildman–Crippen LogP) is 1.91. The van der Waals surface area contributed by atoms with Gasteiger partial charge in [-0.2, -0.15) is 0 Å². The lowest BCUT2D eigenvalue weighted by atomic mass is 9.96. The van der Waals surface area contributed by atoms with Gasteiger partial charge in [-0.3, -0.25) is 10.1 Å². The van der Waals surface area contributed by atoms with Crippen LogP contribution in [0.25, 0.3) is 0 Å². The Bertz CT molecular complexity index is 324. The number of amides is 1. The normalized spacial score (nSPS) is 29.6. The number of nitrogens with zero attached hydrogens (tertiary/aromatic N) is 2. The van der Waals surface area contributed by atoms with Crippen molar-refractivity contribution in [3.05, 3.63) is 0 Å². The second-order valence-corrected chi connectivity index (χ2v) is 6.89. The number of carbonyl (C=O) groups is 1. The molecule has 0 aromatic heterocycles. The molecule has 0 saturated carbocycles. The van der Waals surface area contributed by atoms with Crippen molar-refractivity contribution < 1.29 is 4.79 Å². The fourth-order valence-electron chi connectivity index (χ4n) is 3.50. The fourth-order valence-corrected chi connectivity index (χ4v) is 3.50. The molecule has 2 fully saturated rings. The molecule has 2 heterocycles. The summed E-state index contributed by atoms with van der Waals surface area (Å²) in [6.07, 6.45) is 3.63. The van der Waals surface area contributed by atoms with Gasteiger partial charge in [0.05, 0.1) is 12.2 Å². The molecule has 2 rings (SSSR count). The van der Waals surface area contributed by atoms with Crippen LogP contribution in [0.3, 0.4) is 0 Å². The molecule has 2 atom stereocenters. The van der Waals surface area contributed by atoms with E-state index >= 15 is 0 Å². The van der Waals surface area contributed by atoms with Crippen LogP contribution in [0.5, 0.6) is 0 Å². The maximum Gasteiger partial charge on any atom is 0.241 e. The zero-order valence-electron chi connectivity index (χ0n) is 13.6. The second-order valence-electron chi connectivity index (χ2n) is 6.89. The average Bonchev–Trinajstić information content (AvgIpc) is 2.66. The van der Waals surface area contributed by atoms with Crippen molar-refractivity contribution in [1.82, 2.24) is 15.1 Å². The maximum atomic E-state index is 12.5. The SMILES string of the molecule is CCN1CCC(CN2C(=O)C(CC(C)C)NC2C)CC1. The molecule has 1 amide bonds. The minimum absolute atomic E-state index is 0.0423. The Morgan fingerprint density at radius 2 is 1.95 bits per heavy atom. The Kier molecular flexibility index (Phi) is 5.44. The Morgan fingerprint density at radius 3 is 2.50 bits per heavy atom. The molecule has 4 nitrogen and oxygen atoms in total. The summed E-state index contributed by atoms with van der Waals surface area (Å²) < 4.78 is 0. The number of likely N-dealkylation sites (tertiary alicyclic amines) is 1. The van der Waals surface area contributed by atoms with E-state index in [4.69, 9.17) is 0 Å². The van der Waals surface area contributed by atoms with Crippen molar-refractivity contribution in [2.45, 2.75) is 59.2 Å². The van der Waals surface area contributed by atoms with Crippen molar-refractivity contribution in [3.63, 3.8) is 0 Å². The van der Waals surface area contributed by atoms with Crippen molar-refractivity contribution in [2.75, 3.05) is 26.2 Å². The van der Waals surface area contributed by atoms with E-state index in [1.807, 2.05) is 0 Å². The molecular formula is C16H31N3O. The lowest BCUT2D eigenvalue weighted by Crippen LogP contribution is -2.42. The first-order chi connectivity index (χ1) is 9.51. The van der Waals surface area contributed by atoms with Crippen molar-refractivity contribution in [2.24, 2.45) is 11.8 Å². The topological polar surface area (TPSA) is 35.6 Å². The number of rotatable bonds is 5. The summed E-state index contributed by atoms with van der Waals surface area (Å²) in [7, 11) is 0. The smallest absolute Gasteiger partial charge is 0.241 e. The summed E-state index contributed by atoms with van der Waals surface area (Å²) in [6.45, 7) is 13.2. The lowest BCUT2D eigenvalue weighted by molar-refractivity contribution is -0.131. The number of hydrogen-bond donors (Lipinski definition) is 1. The van der Waals surface area contributed by atoms with E-state index in [1.54, 1.807) is 0 Å². The maximum absolute atomic E-state index is 12.5. The first kappa shape index (κ1) is 15.8. The van der Waals surface area contributed by atoms with Crippen LogP contribution in [0.2, 0.25) is 0 Å². The number of carbonyl (C=O) groups excluding carboxylic acids is 1. The van der Waals surface area contributed by atoms with Crippen LogP contribution in [0.1, 0.15) is 47.0 Å². The molecule has 20 heavy (non-hydrogen) atoms. The van der Waals surface area contributed by atoms with E-state index in [-0.39, 0.29) is 12.2 Å². The van der Waals surface area contributed by atoms with Crippen LogP contribution in [0, 0.1) is 11.8 Å². The van der Waals surface area contributed by atoms with Gasteiger partial charge in [0.2, 0.25) is 5.91 Å². The monoisotopic (exact) mass is 281 g/mol. The standard InChI is InChI=1S/C16H31N3O/c1-5-18-8-6-14(7-9-18)11-19-13(4)17-15(16(19)20)10-12(2)3/h12-15,17H,5-11H2,1-4H3. The molecule has 2 aliphatic rings. The first-order valence-corrected chi connectivity index (χ1v) is 8.30. The molecule has 0 aliphatic carbocycles. The van der Waals surface area contributed by atoms with Crippen LogP contribution in [0.4, 0.5) is 0 Å². The Balaban J connectivity index is 1.85. The van der Waals surface area contributed by atoms with E-state index in [9.17, 15) is 4.79 Å². The predicted molar refractivity (Wildman–Crippen MR) is 82.4 cm³/mol. The minimum atomic E-state index is 0.0423. The summed E-state index contributed by atoms with van der Waals surface area (Å²) in [5.74, 6) is 1.57. The van der Waals surface area contributed by atoms with E-state index in [2.05, 4.69) is 42.8 Å². The Hall–Kier alpha value is -0.610. The molecule has 0 bridgehead atoms. The molecule has 2 unspecified atom stereocenters. The van der Waals surface area contributed by atoms with Crippen molar-refractivity contribution in [1.29, 1.82) is 0 Å². The average molecular weight is 281 g/mol. The summed E-state index contributed by atoms with van der Waals surface area (Å²) in [5, 5.41) is 3.46. The number of nitrogens with one attached hydrogen (secondary N) is 1. The van der Waals surface area contributed by atoms with Crippen molar-refractivity contribution >= 4 is 5.91 Å². The lowest BCUT2D eigenvalue weighted by Gasteiger charge is -2.34. The van der Waals surface area contributed by atoms with Crippen molar-refractivity contribution in [3.8, 4) is 0 Å².